The summed E-state index contributed by atoms with van der Waals surface area (Å²) in [4.78, 5) is 12.7. The molecule has 1 aromatic rings. The van der Waals surface area contributed by atoms with Gasteiger partial charge in [-0.2, -0.15) is 0 Å². The molecule has 1 aromatic heterocycles. The van der Waals surface area contributed by atoms with E-state index in [2.05, 4.69) is 20.1 Å². The number of nitrogens with two attached hydrogens (primary N) is 1. The number of nitrogens with one attached hydrogen (secondary N) is 1. The van der Waals surface area contributed by atoms with Crippen LogP contribution in [0.15, 0.2) is 5.16 Å². The fourth-order valence-corrected chi connectivity index (χ4v) is 2.59. The second kappa shape index (κ2) is 5.52. The lowest BCUT2D eigenvalue weighted by atomic mass is 10.1. The van der Waals surface area contributed by atoms with Gasteiger partial charge in [0.15, 0.2) is 5.84 Å². The van der Waals surface area contributed by atoms with Crippen LogP contribution in [0.2, 0.25) is 0 Å². The average Bonchev–Trinajstić information content (AvgIpc) is 3.09. The fraction of sp³-hybridized carbons (Fsp3) is 0.636. The first-order chi connectivity index (χ1) is 9.04. The average molecular weight is 283 g/mol. The molecule has 0 spiro atoms. The monoisotopic (exact) mass is 283 g/mol. The lowest BCUT2D eigenvalue weighted by Crippen LogP contribution is -2.46. The highest BCUT2D eigenvalue weighted by Gasteiger charge is 2.36. The van der Waals surface area contributed by atoms with Crippen molar-refractivity contribution in [1.82, 2.24) is 14.9 Å². The number of rotatable bonds is 5. The highest BCUT2D eigenvalue weighted by atomic mass is 32.1. The molecule has 1 atom stereocenters. The minimum atomic E-state index is -0.417. The molecule has 0 saturated heterocycles. The number of amidine groups is 1. The zero-order valence-corrected chi connectivity index (χ0v) is 11.6. The number of oxime groups is 1. The van der Waals surface area contributed by atoms with Crippen molar-refractivity contribution in [2.75, 3.05) is 0 Å². The molecule has 0 radical (unpaired) electrons. The summed E-state index contributed by atoms with van der Waals surface area (Å²) in [5.41, 5.74) is 6.29. The number of hydrogen-bond donors (Lipinski definition) is 3. The Kier molecular flexibility index (Phi) is 3.98. The highest BCUT2D eigenvalue weighted by molar-refractivity contribution is 7.08. The Morgan fingerprint density at radius 2 is 2.26 bits per heavy atom. The number of carbonyl (C=O) groups is 1. The summed E-state index contributed by atoms with van der Waals surface area (Å²) in [5, 5.41) is 18.5. The van der Waals surface area contributed by atoms with Gasteiger partial charge >= 0.3 is 0 Å². The van der Waals surface area contributed by atoms with Crippen LogP contribution >= 0.6 is 11.5 Å². The molecule has 1 aliphatic rings. The van der Waals surface area contributed by atoms with Gasteiger partial charge in [0.2, 0.25) is 0 Å². The van der Waals surface area contributed by atoms with Crippen molar-refractivity contribution >= 4 is 23.3 Å². The van der Waals surface area contributed by atoms with E-state index in [1.165, 1.54) is 0 Å². The molecule has 4 N–H and O–H groups in total. The van der Waals surface area contributed by atoms with Crippen LogP contribution < -0.4 is 11.1 Å². The zero-order valence-electron chi connectivity index (χ0n) is 10.8. The first kappa shape index (κ1) is 13.7. The van der Waals surface area contributed by atoms with E-state index in [0.29, 0.717) is 10.6 Å². The van der Waals surface area contributed by atoms with Crippen molar-refractivity contribution in [2.24, 2.45) is 16.8 Å². The van der Waals surface area contributed by atoms with Gasteiger partial charge in [0.25, 0.3) is 5.91 Å². The van der Waals surface area contributed by atoms with Crippen LogP contribution in [0.25, 0.3) is 0 Å². The predicted octanol–water partition coefficient (Wildman–Crippen LogP) is 0.916. The van der Waals surface area contributed by atoms with E-state index in [0.717, 1.165) is 24.4 Å². The summed E-state index contributed by atoms with van der Waals surface area (Å²) in [7, 11) is 0. The lowest BCUT2D eigenvalue weighted by Gasteiger charge is -2.16. The quantitative estimate of drug-likeness (QED) is 0.322. The Hall–Kier alpha value is -1.70. The molecule has 1 unspecified atom stereocenters. The Bertz CT molecular complexity index is 495. The number of carbonyl (C=O) groups excluding carboxylic acids is 1. The molecule has 104 valence electrons. The SMILES string of the molecule is CC(C)c1nnsc1C(=O)NC(C(N)=NO)C1CC1. The van der Waals surface area contributed by atoms with Crippen LogP contribution in [0.4, 0.5) is 0 Å². The van der Waals surface area contributed by atoms with E-state index in [1.54, 1.807) is 0 Å². The van der Waals surface area contributed by atoms with E-state index >= 15 is 0 Å². The third-order valence-electron chi connectivity index (χ3n) is 3.08. The standard InChI is InChI=1S/C11H17N5O2S/c1-5(2)7-9(19-16-14-7)11(17)13-8(6-3-4-6)10(12)15-18/h5-6,8,18H,3-4H2,1-2H3,(H2,12,15)(H,13,17). The molecular weight excluding hydrogens is 266 g/mol. The molecular formula is C11H17N5O2S. The second-order valence-electron chi connectivity index (χ2n) is 4.96. The van der Waals surface area contributed by atoms with Gasteiger partial charge in [-0.3, -0.25) is 4.79 Å². The smallest absolute Gasteiger partial charge is 0.265 e. The summed E-state index contributed by atoms with van der Waals surface area (Å²) < 4.78 is 3.82. The molecule has 0 aliphatic heterocycles. The Morgan fingerprint density at radius 1 is 1.58 bits per heavy atom. The summed E-state index contributed by atoms with van der Waals surface area (Å²) in [6, 6.07) is -0.417. The number of hydrogen-bond acceptors (Lipinski definition) is 6. The first-order valence-electron chi connectivity index (χ1n) is 6.15. The zero-order chi connectivity index (χ0) is 14.0. The van der Waals surface area contributed by atoms with E-state index < -0.39 is 6.04 Å². The Morgan fingerprint density at radius 3 is 2.79 bits per heavy atom. The van der Waals surface area contributed by atoms with Crippen LogP contribution in [0, 0.1) is 5.92 Å². The summed E-state index contributed by atoms with van der Waals surface area (Å²) in [6.45, 7) is 3.91. The molecule has 0 bridgehead atoms. The maximum atomic E-state index is 12.2. The molecule has 1 fully saturated rings. The number of nitrogens with zero attached hydrogens (tertiary/aromatic N) is 3. The van der Waals surface area contributed by atoms with Crippen LogP contribution in [0.3, 0.4) is 0 Å². The van der Waals surface area contributed by atoms with E-state index in [9.17, 15) is 4.79 Å². The molecule has 1 heterocycles. The summed E-state index contributed by atoms with van der Waals surface area (Å²) in [6.07, 6.45) is 1.94. The maximum absolute atomic E-state index is 12.2. The van der Waals surface area contributed by atoms with Gasteiger partial charge in [-0.05, 0) is 36.2 Å². The van der Waals surface area contributed by atoms with Gasteiger partial charge < -0.3 is 16.3 Å². The summed E-state index contributed by atoms with van der Waals surface area (Å²) >= 11 is 1.06. The molecule has 1 saturated carbocycles. The van der Waals surface area contributed by atoms with Crippen LogP contribution in [0.1, 0.15) is 48.0 Å². The van der Waals surface area contributed by atoms with E-state index in [-0.39, 0.29) is 23.6 Å². The molecule has 2 rings (SSSR count). The Labute approximate surface area is 115 Å². The fourth-order valence-electron chi connectivity index (χ4n) is 1.86. The van der Waals surface area contributed by atoms with Gasteiger partial charge in [-0.15, -0.1) is 5.10 Å². The lowest BCUT2D eigenvalue weighted by molar-refractivity contribution is 0.0945. The van der Waals surface area contributed by atoms with Crippen LogP contribution in [-0.4, -0.2) is 32.6 Å². The second-order valence-corrected chi connectivity index (χ2v) is 5.71. The van der Waals surface area contributed by atoms with Crippen LogP contribution in [-0.2, 0) is 0 Å². The normalized spacial score (nSPS) is 17.5. The highest BCUT2D eigenvalue weighted by Crippen LogP contribution is 2.33. The molecule has 8 heteroatoms. The molecule has 7 nitrogen and oxygen atoms in total. The van der Waals surface area contributed by atoms with Gasteiger partial charge in [0.05, 0.1) is 11.7 Å². The third kappa shape index (κ3) is 3.01. The molecule has 0 aromatic carbocycles. The van der Waals surface area contributed by atoms with Crippen molar-refractivity contribution < 1.29 is 10.0 Å². The van der Waals surface area contributed by atoms with Crippen molar-refractivity contribution in [3.05, 3.63) is 10.6 Å². The van der Waals surface area contributed by atoms with Crippen molar-refractivity contribution in [3.63, 3.8) is 0 Å². The molecule has 19 heavy (non-hydrogen) atoms. The number of amides is 1. The minimum absolute atomic E-state index is 0.0411. The minimum Gasteiger partial charge on any atom is -0.409 e. The van der Waals surface area contributed by atoms with E-state index in [4.69, 9.17) is 10.9 Å². The van der Waals surface area contributed by atoms with Gasteiger partial charge in [0, 0.05) is 0 Å². The maximum Gasteiger partial charge on any atom is 0.265 e. The van der Waals surface area contributed by atoms with Crippen molar-refractivity contribution in [3.8, 4) is 0 Å². The number of aromatic nitrogens is 2. The van der Waals surface area contributed by atoms with E-state index in [1.807, 2.05) is 13.8 Å². The van der Waals surface area contributed by atoms with Gasteiger partial charge in [0.1, 0.15) is 4.88 Å². The topological polar surface area (TPSA) is 113 Å². The summed E-state index contributed by atoms with van der Waals surface area (Å²) in [5.74, 6) is 0.160. The Balaban J connectivity index is 2.13. The van der Waals surface area contributed by atoms with Gasteiger partial charge in [-0.1, -0.05) is 23.5 Å². The van der Waals surface area contributed by atoms with Crippen LogP contribution in [0.5, 0.6) is 0 Å². The van der Waals surface area contributed by atoms with Gasteiger partial charge in [-0.25, -0.2) is 0 Å². The predicted molar refractivity (Wildman–Crippen MR) is 71.4 cm³/mol. The largest absolute Gasteiger partial charge is 0.409 e. The van der Waals surface area contributed by atoms with Crippen molar-refractivity contribution in [1.29, 1.82) is 0 Å². The molecule has 1 amide bonds. The molecule has 1 aliphatic carbocycles. The first-order valence-corrected chi connectivity index (χ1v) is 6.92. The third-order valence-corrected chi connectivity index (χ3v) is 3.82. The van der Waals surface area contributed by atoms with Crippen molar-refractivity contribution in [2.45, 2.75) is 38.6 Å².